The lowest BCUT2D eigenvalue weighted by atomic mass is 9.46. The van der Waals surface area contributed by atoms with Crippen molar-refractivity contribution < 1.29 is 4.92 Å². The third-order valence-corrected chi connectivity index (χ3v) is 10.9. The van der Waals surface area contributed by atoms with E-state index >= 15 is 0 Å². The average Bonchev–Trinajstić information content (AvgIpc) is 3.05. The predicted octanol–water partition coefficient (Wildman–Crippen LogP) is 8.24. The fraction of sp³-hybridized carbons (Fsp3) is 0.926. The number of nitrogens with zero attached hydrogens (tertiary/aromatic N) is 1. The Morgan fingerprint density at radius 2 is 1.77 bits per heavy atom. The van der Waals surface area contributed by atoms with Gasteiger partial charge in [0.05, 0.1) is 4.92 Å². The second-order valence-corrected chi connectivity index (χ2v) is 13.2. The molecule has 0 aromatic carbocycles. The first-order chi connectivity index (χ1) is 14.6. The van der Waals surface area contributed by atoms with Gasteiger partial charge in [0.1, 0.15) is 0 Å². The van der Waals surface area contributed by atoms with E-state index in [9.17, 15) is 10.1 Å². The molecule has 3 nitrogen and oxygen atoms in total. The van der Waals surface area contributed by atoms with Gasteiger partial charge in [-0.2, -0.15) is 0 Å². The van der Waals surface area contributed by atoms with Gasteiger partial charge in [0.2, 0.25) is 5.70 Å². The van der Waals surface area contributed by atoms with Crippen LogP contribution >= 0.6 is 11.6 Å². The highest BCUT2D eigenvalue weighted by Gasteiger charge is 2.61. The second kappa shape index (κ2) is 8.65. The van der Waals surface area contributed by atoms with Crippen LogP contribution in [0, 0.1) is 56.5 Å². The summed E-state index contributed by atoms with van der Waals surface area (Å²) < 4.78 is 0. The van der Waals surface area contributed by atoms with Gasteiger partial charge < -0.3 is 0 Å². The fourth-order valence-electron chi connectivity index (χ4n) is 8.94. The first-order valence-electron chi connectivity index (χ1n) is 13.1. The molecule has 3 fully saturated rings. The van der Waals surface area contributed by atoms with E-state index in [1.54, 1.807) is 0 Å². The van der Waals surface area contributed by atoms with Crippen molar-refractivity contribution in [1.82, 2.24) is 0 Å². The lowest BCUT2D eigenvalue weighted by Crippen LogP contribution is -2.52. The maximum Gasteiger partial charge on any atom is 0.246 e. The van der Waals surface area contributed by atoms with Gasteiger partial charge in [-0.05, 0) is 91.3 Å². The van der Waals surface area contributed by atoms with Crippen molar-refractivity contribution in [2.24, 2.45) is 46.3 Å². The fourth-order valence-corrected chi connectivity index (χ4v) is 9.20. The van der Waals surface area contributed by atoms with Crippen molar-refractivity contribution in [2.75, 3.05) is 0 Å². The molecule has 0 spiro atoms. The van der Waals surface area contributed by atoms with E-state index in [0.717, 1.165) is 42.6 Å². The Kier molecular flexibility index (Phi) is 6.58. The molecule has 0 aromatic rings. The first-order valence-corrected chi connectivity index (χ1v) is 13.5. The number of hydrogen-bond acceptors (Lipinski definition) is 2. The molecule has 0 saturated heterocycles. The molecule has 4 heteroatoms. The van der Waals surface area contributed by atoms with Crippen LogP contribution in [0.4, 0.5) is 0 Å². The summed E-state index contributed by atoms with van der Waals surface area (Å²) in [5.41, 5.74) is 2.04. The average molecular weight is 450 g/mol. The van der Waals surface area contributed by atoms with Crippen molar-refractivity contribution in [3.8, 4) is 0 Å². The second-order valence-electron chi connectivity index (χ2n) is 12.6. The number of alkyl halides is 1. The minimum atomic E-state index is -0.0361. The third kappa shape index (κ3) is 4.00. The number of halogens is 1. The third-order valence-electron chi connectivity index (χ3n) is 10.5. The molecule has 0 amide bonds. The van der Waals surface area contributed by atoms with Crippen LogP contribution in [0.5, 0.6) is 0 Å². The molecule has 4 rings (SSSR count). The van der Waals surface area contributed by atoms with Crippen molar-refractivity contribution in [1.29, 1.82) is 0 Å². The van der Waals surface area contributed by atoms with Crippen molar-refractivity contribution >= 4 is 11.6 Å². The van der Waals surface area contributed by atoms with Crippen LogP contribution in [0.15, 0.2) is 11.3 Å². The van der Waals surface area contributed by atoms with E-state index in [1.165, 1.54) is 44.9 Å². The zero-order valence-corrected chi connectivity index (χ0v) is 21.2. The topological polar surface area (TPSA) is 43.1 Å². The van der Waals surface area contributed by atoms with E-state index in [-0.39, 0.29) is 15.7 Å². The largest absolute Gasteiger partial charge is 0.259 e. The van der Waals surface area contributed by atoms with E-state index in [1.807, 2.05) is 0 Å². The van der Waals surface area contributed by atoms with Gasteiger partial charge in [0, 0.05) is 17.4 Å². The molecule has 4 aliphatic carbocycles. The molecule has 0 N–H and O–H groups in total. The highest BCUT2D eigenvalue weighted by Crippen LogP contribution is 2.68. The molecule has 0 unspecified atom stereocenters. The highest BCUT2D eigenvalue weighted by molar-refractivity contribution is 6.20. The molecule has 0 radical (unpaired) electrons. The Labute approximate surface area is 194 Å². The molecule has 0 aromatic heterocycles. The summed E-state index contributed by atoms with van der Waals surface area (Å²) in [6.07, 6.45) is 12.7. The molecule has 0 bridgehead atoms. The Hall–Kier alpha value is -0.570. The Balaban J connectivity index is 1.59. The predicted molar refractivity (Wildman–Crippen MR) is 129 cm³/mol. The van der Waals surface area contributed by atoms with E-state index in [4.69, 9.17) is 11.6 Å². The van der Waals surface area contributed by atoms with Gasteiger partial charge in [0.15, 0.2) is 0 Å². The molecule has 0 aliphatic heterocycles. The van der Waals surface area contributed by atoms with E-state index in [0.29, 0.717) is 35.3 Å². The molecule has 8 atom stereocenters. The maximum absolute atomic E-state index is 12.2. The van der Waals surface area contributed by atoms with Crippen molar-refractivity contribution in [3.63, 3.8) is 0 Å². The SMILES string of the molecule is CC(C)CCC[C@H](C)[C@@H]1CC[C@H]2[C@H]3CC([N+](=O)[O-])=C4C[C@@H](Cl)CC[C@]4(C)[C@@H]3CC[C@@]21C. The van der Waals surface area contributed by atoms with E-state index < -0.39 is 0 Å². The normalized spacial score (nSPS) is 43.4. The Bertz CT molecular complexity index is 733. The van der Waals surface area contributed by atoms with Crippen LogP contribution in [-0.4, -0.2) is 10.3 Å². The monoisotopic (exact) mass is 449 g/mol. The smallest absolute Gasteiger partial charge is 0.246 e. The van der Waals surface area contributed by atoms with Crippen LogP contribution in [0.25, 0.3) is 0 Å². The van der Waals surface area contributed by atoms with E-state index in [2.05, 4.69) is 34.6 Å². The van der Waals surface area contributed by atoms with Crippen LogP contribution in [0.2, 0.25) is 0 Å². The number of hydrogen-bond donors (Lipinski definition) is 0. The molecular weight excluding hydrogens is 406 g/mol. The maximum atomic E-state index is 12.2. The minimum absolute atomic E-state index is 0.000985. The molecular formula is C27H44ClNO2. The molecule has 4 aliphatic rings. The minimum Gasteiger partial charge on any atom is -0.259 e. The van der Waals surface area contributed by atoms with Crippen LogP contribution < -0.4 is 0 Å². The summed E-state index contributed by atoms with van der Waals surface area (Å²) >= 11 is 6.51. The van der Waals surface area contributed by atoms with Gasteiger partial charge in [-0.25, -0.2) is 0 Å². The van der Waals surface area contributed by atoms with Crippen molar-refractivity contribution in [2.45, 2.75) is 111 Å². The molecule has 3 saturated carbocycles. The van der Waals surface area contributed by atoms with Gasteiger partial charge in [-0.15, -0.1) is 11.6 Å². The van der Waals surface area contributed by atoms with Gasteiger partial charge in [-0.1, -0.05) is 53.9 Å². The quantitative estimate of drug-likeness (QED) is 0.232. The molecule has 176 valence electrons. The van der Waals surface area contributed by atoms with Crippen LogP contribution in [0.3, 0.4) is 0 Å². The summed E-state index contributed by atoms with van der Waals surface area (Å²) in [6.45, 7) is 12.1. The standard InChI is InChI=1S/C27H44ClNO2/c1-17(2)7-6-8-18(3)21-9-10-22-20-16-25(29(30)31)24-15-19(28)11-13-27(24,5)23(20)12-14-26(21,22)4/h17-23H,6-16H2,1-5H3/t18-,19-,20+,21-,22-,23+,26+,27+/m0/s1. The molecule has 0 heterocycles. The number of nitro groups is 1. The lowest BCUT2D eigenvalue weighted by Gasteiger charge is -2.58. The number of allylic oxidation sites excluding steroid dienone is 2. The zero-order chi connectivity index (χ0) is 22.6. The van der Waals surface area contributed by atoms with Crippen LogP contribution in [0.1, 0.15) is 105 Å². The van der Waals surface area contributed by atoms with Gasteiger partial charge in [0.25, 0.3) is 0 Å². The molecule has 31 heavy (non-hydrogen) atoms. The Morgan fingerprint density at radius 3 is 2.45 bits per heavy atom. The Morgan fingerprint density at radius 1 is 1.03 bits per heavy atom. The zero-order valence-electron chi connectivity index (χ0n) is 20.5. The number of rotatable bonds is 6. The van der Waals surface area contributed by atoms with Crippen molar-refractivity contribution in [3.05, 3.63) is 21.4 Å². The van der Waals surface area contributed by atoms with Crippen LogP contribution in [-0.2, 0) is 0 Å². The lowest BCUT2D eigenvalue weighted by molar-refractivity contribution is -0.434. The first kappa shape index (κ1) is 23.6. The summed E-state index contributed by atoms with van der Waals surface area (Å²) in [7, 11) is 0. The summed E-state index contributed by atoms with van der Waals surface area (Å²) in [5.74, 6) is 4.13. The number of fused-ring (bicyclic) bond motifs is 5. The summed E-state index contributed by atoms with van der Waals surface area (Å²) in [6, 6.07) is 0. The summed E-state index contributed by atoms with van der Waals surface area (Å²) in [4.78, 5) is 12.1. The van der Waals surface area contributed by atoms with Gasteiger partial charge >= 0.3 is 0 Å². The van der Waals surface area contributed by atoms with Gasteiger partial charge in [-0.3, -0.25) is 10.1 Å². The summed E-state index contributed by atoms with van der Waals surface area (Å²) in [5, 5.41) is 12.2. The highest BCUT2D eigenvalue weighted by atomic mass is 35.5.